The molecule has 1 atom stereocenters. The lowest BCUT2D eigenvalue weighted by atomic mass is 10.2. The van der Waals surface area contributed by atoms with E-state index in [0.717, 1.165) is 12.3 Å². The van der Waals surface area contributed by atoms with Crippen molar-refractivity contribution in [2.75, 3.05) is 32.0 Å². The average molecular weight is 255 g/mol. The lowest BCUT2D eigenvalue weighted by molar-refractivity contribution is -0.0447. The smallest absolute Gasteiger partial charge is 0.257 e. The van der Waals surface area contributed by atoms with Gasteiger partial charge in [-0.1, -0.05) is 0 Å². The molecule has 2 heterocycles. The van der Waals surface area contributed by atoms with Gasteiger partial charge in [0.1, 0.15) is 11.6 Å². The Kier molecular flexibility index (Phi) is 3.73. The van der Waals surface area contributed by atoms with Gasteiger partial charge in [0.15, 0.2) is 0 Å². The summed E-state index contributed by atoms with van der Waals surface area (Å²) in [5.41, 5.74) is 5.59. The Morgan fingerprint density at radius 2 is 2.50 bits per heavy atom. The first kappa shape index (κ1) is 12.7. The van der Waals surface area contributed by atoms with Crippen molar-refractivity contribution in [2.24, 2.45) is 0 Å². The van der Waals surface area contributed by atoms with E-state index >= 15 is 0 Å². The SMILES string of the molecule is Nc1ncc(F)cc1C(=O)N1CCOC(CO)C1. The number of aromatic nitrogens is 1. The number of hydrogen-bond acceptors (Lipinski definition) is 5. The molecule has 1 amide bonds. The Balaban J connectivity index is 2.17. The highest BCUT2D eigenvalue weighted by Crippen LogP contribution is 2.15. The third kappa shape index (κ3) is 2.57. The molecule has 1 aliphatic heterocycles. The van der Waals surface area contributed by atoms with Crippen molar-refractivity contribution >= 4 is 11.7 Å². The predicted octanol–water partition coefficient (Wildman–Crippen LogP) is -0.364. The number of carbonyl (C=O) groups excluding carboxylic acids is 1. The van der Waals surface area contributed by atoms with Gasteiger partial charge in [-0.25, -0.2) is 9.37 Å². The van der Waals surface area contributed by atoms with Crippen LogP contribution in [0.4, 0.5) is 10.2 Å². The fraction of sp³-hybridized carbons (Fsp3) is 0.455. The van der Waals surface area contributed by atoms with Crippen LogP contribution in [0.25, 0.3) is 0 Å². The summed E-state index contributed by atoms with van der Waals surface area (Å²) in [6, 6.07) is 1.06. The second-order valence-electron chi connectivity index (χ2n) is 4.01. The Morgan fingerprint density at radius 3 is 3.22 bits per heavy atom. The number of ether oxygens (including phenoxy) is 1. The molecule has 18 heavy (non-hydrogen) atoms. The fourth-order valence-corrected chi connectivity index (χ4v) is 1.81. The molecule has 1 fully saturated rings. The number of amides is 1. The van der Waals surface area contributed by atoms with Gasteiger partial charge in [0, 0.05) is 13.1 Å². The van der Waals surface area contributed by atoms with Crippen molar-refractivity contribution in [3.05, 3.63) is 23.6 Å². The molecule has 0 saturated carbocycles. The van der Waals surface area contributed by atoms with Crippen molar-refractivity contribution < 1.29 is 19.0 Å². The topological polar surface area (TPSA) is 88.7 Å². The van der Waals surface area contributed by atoms with E-state index in [1.807, 2.05) is 0 Å². The molecule has 0 radical (unpaired) electrons. The summed E-state index contributed by atoms with van der Waals surface area (Å²) < 4.78 is 18.3. The molecule has 0 aromatic carbocycles. The summed E-state index contributed by atoms with van der Waals surface area (Å²) in [7, 11) is 0. The normalized spacial score (nSPS) is 19.9. The van der Waals surface area contributed by atoms with Crippen LogP contribution in [0.3, 0.4) is 0 Å². The monoisotopic (exact) mass is 255 g/mol. The Morgan fingerprint density at radius 1 is 1.72 bits per heavy atom. The van der Waals surface area contributed by atoms with E-state index < -0.39 is 17.8 Å². The number of halogens is 1. The molecule has 0 aliphatic carbocycles. The minimum absolute atomic E-state index is 0.00607. The number of pyridine rings is 1. The van der Waals surface area contributed by atoms with Crippen LogP contribution in [0.1, 0.15) is 10.4 Å². The molecule has 2 rings (SSSR count). The van der Waals surface area contributed by atoms with E-state index in [-0.39, 0.29) is 24.5 Å². The number of nitrogens with zero attached hydrogens (tertiary/aromatic N) is 2. The number of rotatable bonds is 2. The zero-order chi connectivity index (χ0) is 13.1. The van der Waals surface area contributed by atoms with Crippen molar-refractivity contribution in [1.82, 2.24) is 9.88 Å². The molecule has 1 aromatic rings. The molecule has 7 heteroatoms. The first-order chi connectivity index (χ1) is 8.61. The second-order valence-corrected chi connectivity index (χ2v) is 4.01. The summed E-state index contributed by atoms with van der Waals surface area (Å²) >= 11 is 0. The van der Waals surface area contributed by atoms with Gasteiger partial charge in [0.05, 0.1) is 31.1 Å². The van der Waals surface area contributed by atoms with Crippen LogP contribution in [-0.4, -0.2) is 53.3 Å². The Bertz CT molecular complexity index is 455. The number of nitrogen functional groups attached to an aromatic ring is 1. The maximum atomic E-state index is 13.1. The molecule has 0 bridgehead atoms. The standard InChI is InChI=1S/C11H14FN3O3/c12-7-3-9(10(13)14-4-7)11(17)15-1-2-18-8(5-15)6-16/h3-4,8,16H,1-2,5-6H2,(H2,13,14). The number of anilines is 1. The maximum absolute atomic E-state index is 13.1. The van der Waals surface area contributed by atoms with Crippen LogP contribution >= 0.6 is 0 Å². The largest absolute Gasteiger partial charge is 0.394 e. The summed E-state index contributed by atoms with van der Waals surface area (Å²) in [4.78, 5) is 17.2. The minimum atomic E-state index is -0.612. The molecular weight excluding hydrogens is 241 g/mol. The zero-order valence-electron chi connectivity index (χ0n) is 9.67. The van der Waals surface area contributed by atoms with E-state index in [9.17, 15) is 9.18 Å². The van der Waals surface area contributed by atoms with E-state index in [1.165, 1.54) is 4.90 Å². The van der Waals surface area contributed by atoms with Gasteiger partial charge >= 0.3 is 0 Å². The van der Waals surface area contributed by atoms with E-state index in [0.29, 0.717) is 13.2 Å². The average Bonchev–Trinajstić information content (AvgIpc) is 2.41. The third-order valence-corrected chi connectivity index (χ3v) is 2.75. The number of carbonyl (C=O) groups is 1. The van der Waals surface area contributed by atoms with Crippen LogP contribution in [0, 0.1) is 5.82 Å². The second kappa shape index (κ2) is 5.28. The van der Waals surface area contributed by atoms with Crippen LogP contribution < -0.4 is 5.73 Å². The first-order valence-corrected chi connectivity index (χ1v) is 5.54. The summed E-state index contributed by atoms with van der Waals surface area (Å²) in [6.45, 7) is 0.802. The molecule has 1 unspecified atom stereocenters. The molecular formula is C11H14FN3O3. The highest BCUT2D eigenvalue weighted by molar-refractivity contribution is 5.98. The Hall–Kier alpha value is -1.73. The molecule has 3 N–H and O–H groups in total. The molecule has 1 aliphatic rings. The van der Waals surface area contributed by atoms with Gasteiger partial charge in [-0.3, -0.25) is 4.79 Å². The van der Waals surface area contributed by atoms with Gasteiger partial charge in [-0.15, -0.1) is 0 Å². The number of hydrogen-bond donors (Lipinski definition) is 2. The van der Waals surface area contributed by atoms with Crippen LogP contribution in [0.5, 0.6) is 0 Å². The first-order valence-electron chi connectivity index (χ1n) is 5.54. The van der Waals surface area contributed by atoms with E-state index in [2.05, 4.69) is 4.98 Å². The number of nitrogens with two attached hydrogens (primary N) is 1. The fourth-order valence-electron chi connectivity index (χ4n) is 1.81. The molecule has 1 saturated heterocycles. The summed E-state index contributed by atoms with van der Waals surface area (Å²) in [5, 5.41) is 9.00. The minimum Gasteiger partial charge on any atom is -0.394 e. The summed E-state index contributed by atoms with van der Waals surface area (Å²) in [6.07, 6.45) is 0.549. The highest BCUT2D eigenvalue weighted by Gasteiger charge is 2.26. The number of morpholine rings is 1. The van der Waals surface area contributed by atoms with Crippen molar-refractivity contribution in [2.45, 2.75) is 6.10 Å². The van der Waals surface area contributed by atoms with Gasteiger partial charge in [-0.05, 0) is 6.07 Å². The Labute approximate surface area is 103 Å². The van der Waals surface area contributed by atoms with Crippen molar-refractivity contribution in [3.8, 4) is 0 Å². The molecule has 1 aromatic heterocycles. The highest BCUT2D eigenvalue weighted by atomic mass is 19.1. The van der Waals surface area contributed by atoms with Crippen molar-refractivity contribution in [3.63, 3.8) is 0 Å². The number of aliphatic hydroxyl groups excluding tert-OH is 1. The summed E-state index contributed by atoms with van der Waals surface area (Å²) in [5.74, 6) is -1.02. The van der Waals surface area contributed by atoms with Gasteiger partial charge in [0.25, 0.3) is 5.91 Å². The van der Waals surface area contributed by atoms with Crippen LogP contribution in [0.2, 0.25) is 0 Å². The van der Waals surface area contributed by atoms with E-state index in [4.69, 9.17) is 15.6 Å². The van der Waals surface area contributed by atoms with Gasteiger partial charge in [-0.2, -0.15) is 0 Å². The lowest BCUT2D eigenvalue weighted by Gasteiger charge is -2.32. The maximum Gasteiger partial charge on any atom is 0.257 e. The quantitative estimate of drug-likeness (QED) is 0.753. The van der Waals surface area contributed by atoms with Crippen LogP contribution in [0.15, 0.2) is 12.3 Å². The zero-order valence-corrected chi connectivity index (χ0v) is 9.67. The third-order valence-electron chi connectivity index (χ3n) is 2.75. The molecule has 6 nitrogen and oxygen atoms in total. The molecule has 98 valence electrons. The van der Waals surface area contributed by atoms with Gasteiger partial charge in [0.2, 0.25) is 0 Å². The van der Waals surface area contributed by atoms with Gasteiger partial charge < -0.3 is 20.5 Å². The van der Waals surface area contributed by atoms with Crippen LogP contribution in [-0.2, 0) is 4.74 Å². The van der Waals surface area contributed by atoms with E-state index in [1.54, 1.807) is 0 Å². The molecule has 0 spiro atoms. The van der Waals surface area contributed by atoms with Crippen molar-refractivity contribution in [1.29, 1.82) is 0 Å². The predicted molar refractivity (Wildman–Crippen MR) is 61.3 cm³/mol. The lowest BCUT2D eigenvalue weighted by Crippen LogP contribution is -2.47. The number of aliphatic hydroxyl groups is 1.